The van der Waals surface area contributed by atoms with E-state index in [9.17, 15) is 14.0 Å². The van der Waals surface area contributed by atoms with Crippen LogP contribution in [0.5, 0.6) is 5.75 Å². The van der Waals surface area contributed by atoms with Crippen molar-refractivity contribution in [2.24, 2.45) is 0 Å². The van der Waals surface area contributed by atoms with Crippen molar-refractivity contribution in [3.63, 3.8) is 0 Å². The average Bonchev–Trinajstić information content (AvgIpc) is 3.10. The molecule has 5 nitrogen and oxygen atoms in total. The van der Waals surface area contributed by atoms with Crippen LogP contribution in [-0.2, 0) is 11.2 Å². The minimum atomic E-state index is -0.567. The van der Waals surface area contributed by atoms with Gasteiger partial charge in [0.1, 0.15) is 11.6 Å². The fourth-order valence-corrected chi connectivity index (χ4v) is 3.96. The van der Waals surface area contributed by atoms with E-state index in [0.717, 1.165) is 11.6 Å². The van der Waals surface area contributed by atoms with E-state index in [4.69, 9.17) is 27.9 Å². The molecule has 0 N–H and O–H groups in total. The normalized spacial score (nSPS) is 18.6. The van der Waals surface area contributed by atoms with Crippen molar-refractivity contribution in [3.05, 3.63) is 63.4 Å². The SMILES string of the molecule is O=C(c1ccc(F)cc1Cl)N1CCN(C(=O)C2Cc3cc(Cl)ccc3O2)CC1. The Balaban J connectivity index is 1.36. The Morgan fingerprint density at radius 2 is 1.71 bits per heavy atom. The molecule has 1 saturated heterocycles. The molecule has 1 unspecified atom stereocenters. The Labute approximate surface area is 171 Å². The van der Waals surface area contributed by atoms with Crippen molar-refractivity contribution < 1.29 is 18.7 Å². The van der Waals surface area contributed by atoms with Crippen LogP contribution in [0, 0.1) is 5.82 Å². The van der Waals surface area contributed by atoms with E-state index in [-0.39, 0.29) is 22.4 Å². The molecule has 0 saturated carbocycles. The summed E-state index contributed by atoms with van der Waals surface area (Å²) in [6.07, 6.45) is -0.0822. The van der Waals surface area contributed by atoms with Crippen LogP contribution >= 0.6 is 23.2 Å². The lowest BCUT2D eigenvalue weighted by atomic mass is 10.1. The zero-order valence-corrected chi connectivity index (χ0v) is 16.3. The quantitative estimate of drug-likeness (QED) is 0.744. The highest BCUT2D eigenvalue weighted by Crippen LogP contribution is 2.32. The minimum Gasteiger partial charge on any atom is -0.480 e. The standard InChI is InChI=1S/C20H17Cl2FN2O3/c21-13-1-4-17-12(9-13)10-18(28-17)20(27)25-7-5-24(6-8-25)19(26)15-3-2-14(23)11-16(15)22/h1-4,9,11,18H,5-8,10H2. The van der Waals surface area contributed by atoms with Gasteiger partial charge in [-0.1, -0.05) is 23.2 Å². The van der Waals surface area contributed by atoms with Crippen molar-refractivity contribution in [2.75, 3.05) is 26.2 Å². The molecule has 28 heavy (non-hydrogen) atoms. The van der Waals surface area contributed by atoms with E-state index >= 15 is 0 Å². The lowest BCUT2D eigenvalue weighted by Crippen LogP contribution is -2.53. The second-order valence-electron chi connectivity index (χ2n) is 6.80. The highest BCUT2D eigenvalue weighted by molar-refractivity contribution is 6.33. The van der Waals surface area contributed by atoms with Crippen molar-refractivity contribution in [1.29, 1.82) is 0 Å². The Bertz CT molecular complexity index is 945. The molecule has 0 aliphatic carbocycles. The Morgan fingerprint density at radius 3 is 2.43 bits per heavy atom. The Kier molecular flexibility index (Phi) is 5.17. The van der Waals surface area contributed by atoms with E-state index < -0.39 is 11.9 Å². The third-order valence-electron chi connectivity index (χ3n) is 5.01. The second kappa shape index (κ2) is 7.60. The molecule has 0 bridgehead atoms. The van der Waals surface area contributed by atoms with Gasteiger partial charge < -0.3 is 14.5 Å². The van der Waals surface area contributed by atoms with Gasteiger partial charge in [0.15, 0.2) is 6.10 Å². The molecule has 8 heteroatoms. The molecular weight excluding hydrogens is 406 g/mol. The van der Waals surface area contributed by atoms with E-state index in [0.29, 0.717) is 43.4 Å². The van der Waals surface area contributed by atoms with Crippen LogP contribution in [0.15, 0.2) is 36.4 Å². The molecule has 2 aliphatic rings. The van der Waals surface area contributed by atoms with E-state index in [1.807, 2.05) is 6.07 Å². The molecule has 4 rings (SSSR count). The van der Waals surface area contributed by atoms with Gasteiger partial charge in [-0.05, 0) is 42.0 Å². The number of nitrogens with zero attached hydrogens (tertiary/aromatic N) is 2. The maximum atomic E-state index is 13.2. The van der Waals surface area contributed by atoms with Gasteiger partial charge in [0.05, 0.1) is 10.6 Å². The molecule has 0 radical (unpaired) electrons. The van der Waals surface area contributed by atoms with Gasteiger partial charge in [-0.2, -0.15) is 0 Å². The van der Waals surface area contributed by atoms with Crippen LogP contribution in [0.3, 0.4) is 0 Å². The number of fused-ring (bicyclic) bond motifs is 1. The van der Waals surface area contributed by atoms with E-state index in [1.165, 1.54) is 12.1 Å². The maximum Gasteiger partial charge on any atom is 0.264 e. The number of piperazine rings is 1. The smallest absolute Gasteiger partial charge is 0.264 e. The van der Waals surface area contributed by atoms with Crippen LogP contribution in [0.1, 0.15) is 15.9 Å². The molecule has 146 valence electrons. The van der Waals surface area contributed by atoms with Gasteiger partial charge in [-0.3, -0.25) is 9.59 Å². The van der Waals surface area contributed by atoms with Crippen LogP contribution < -0.4 is 4.74 Å². The number of amides is 2. The first kappa shape index (κ1) is 19.0. The van der Waals surface area contributed by atoms with Crippen LogP contribution in [0.25, 0.3) is 0 Å². The third-order valence-corrected chi connectivity index (χ3v) is 5.56. The molecule has 0 aromatic heterocycles. The second-order valence-corrected chi connectivity index (χ2v) is 7.65. The first-order valence-corrected chi connectivity index (χ1v) is 9.66. The summed E-state index contributed by atoms with van der Waals surface area (Å²) in [4.78, 5) is 28.7. The fourth-order valence-electron chi connectivity index (χ4n) is 3.52. The molecule has 2 aromatic carbocycles. The maximum absolute atomic E-state index is 13.2. The zero-order chi connectivity index (χ0) is 19.8. The number of hydrogen-bond acceptors (Lipinski definition) is 3. The lowest BCUT2D eigenvalue weighted by molar-refractivity contribution is -0.139. The summed E-state index contributed by atoms with van der Waals surface area (Å²) in [6, 6.07) is 9.03. The summed E-state index contributed by atoms with van der Waals surface area (Å²) >= 11 is 12.0. The van der Waals surface area contributed by atoms with Crippen molar-refractivity contribution in [2.45, 2.75) is 12.5 Å². The first-order valence-electron chi connectivity index (χ1n) is 8.90. The predicted molar refractivity (Wildman–Crippen MR) is 103 cm³/mol. The molecular formula is C20H17Cl2FN2O3. The number of carbonyl (C=O) groups excluding carboxylic acids is 2. The summed E-state index contributed by atoms with van der Waals surface area (Å²) in [7, 11) is 0. The summed E-state index contributed by atoms with van der Waals surface area (Å²) in [6.45, 7) is 1.56. The van der Waals surface area contributed by atoms with Crippen molar-refractivity contribution >= 4 is 35.0 Å². The van der Waals surface area contributed by atoms with Crippen molar-refractivity contribution in [3.8, 4) is 5.75 Å². The number of halogens is 3. The Morgan fingerprint density at radius 1 is 1.00 bits per heavy atom. The summed E-state index contributed by atoms with van der Waals surface area (Å²) in [5, 5.41) is 0.696. The number of rotatable bonds is 2. The average molecular weight is 423 g/mol. The van der Waals surface area contributed by atoms with Crippen LogP contribution in [0.4, 0.5) is 4.39 Å². The molecule has 2 aliphatic heterocycles. The molecule has 0 spiro atoms. The number of benzene rings is 2. The van der Waals surface area contributed by atoms with Gasteiger partial charge in [0, 0.05) is 37.6 Å². The molecule has 2 aromatic rings. The van der Waals surface area contributed by atoms with Crippen molar-refractivity contribution in [1.82, 2.24) is 9.80 Å². The Hall–Kier alpha value is -2.31. The molecule has 1 fully saturated rings. The largest absolute Gasteiger partial charge is 0.480 e. The first-order chi connectivity index (χ1) is 13.4. The minimum absolute atomic E-state index is 0.0827. The summed E-state index contributed by atoms with van der Waals surface area (Å²) < 4.78 is 19.0. The highest BCUT2D eigenvalue weighted by atomic mass is 35.5. The van der Waals surface area contributed by atoms with Gasteiger partial charge in [0.25, 0.3) is 11.8 Å². The molecule has 1 atom stereocenters. The zero-order valence-electron chi connectivity index (χ0n) is 14.8. The lowest BCUT2D eigenvalue weighted by Gasteiger charge is -2.35. The molecule has 2 amide bonds. The predicted octanol–water partition coefficient (Wildman–Crippen LogP) is 3.42. The number of carbonyl (C=O) groups is 2. The van der Waals surface area contributed by atoms with Gasteiger partial charge >= 0.3 is 0 Å². The third kappa shape index (κ3) is 3.66. The van der Waals surface area contributed by atoms with E-state index in [1.54, 1.807) is 21.9 Å². The van der Waals surface area contributed by atoms with Gasteiger partial charge in [-0.15, -0.1) is 0 Å². The van der Waals surface area contributed by atoms with Gasteiger partial charge in [0.2, 0.25) is 0 Å². The summed E-state index contributed by atoms with van der Waals surface area (Å²) in [5.74, 6) is -0.172. The van der Waals surface area contributed by atoms with E-state index in [2.05, 4.69) is 0 Å². The number of ether oxygens (including phenoxy) is 1. The number of hydrogen-bond donors (Lipinski definition) is 0. The fraction of sp³-hybridized carbons (Fsp3) is 0.300. The topological polar surface area (TPSA) is 49.9 Å². The monoisotopic (exact) mass is 422 g/mol. The molecule has 2 heterocycles. The van der Waals surface area contributed by atoms with Gasteiger partial charge in [-0.25, -0.2) is 4.39 Å². The van der Waals surface area contributed by atoms with Crippen LogP contribution in [-0.4, -0.2) is 53.9 Å². The highest BCUT2D eigenvalue weighted by Gasteiger charge is 2.34. The van der Waals surface area contributed by atoms with Crippen LogP contribution in [0.2, 0.25) is 10.0 Å². The summed E-state index contributed by atoms with van der Waals surface area (Å²) in [5.41, 5.74) is 1.18.